The van der Waals surface area contributed by atoms with Gasteiger partial charge in [0.1, 0.15) is 55.4 Å². The van der Waals surface area contributed by atoms with Crippen LogP contribution in [0.3, 0.4) is 0 Å². The molecule has 0 aromatic heterocycles. The van der Waals surface area contributed by atoms with E-state index in [1.807, 2.05) is 0 Å². The number of benzene rings is 1. The first-order chi connectivity index (χ1) is 16.5. The second-order valence-electron chi connectivity index (χ2n) is 8.06. The van der Waals surface area contributed by atoms with Crippen LogP contribution in [0.15, 0.2) is 24.3 Å². The number of hydrogen-bond acceptors (Lipinski definition) is 14. The van der Waals surface area contributed by atoms with E-state index in [0.717, 1.165) is 6.08 Å². The molecule has 10 atom stereocenters. The standard InChI is InChI=1S/C21H28O14/c22-6-11-14(26)17(29)19(20(31)33-11)35-21-18(30)16(28)15(27)12(34-21)7-32-13(25)4-2-8-1-3-9(23)10(24)5-8/h1-5,11-12,14-24,26-31H,6-7H2/b4-2+/t11-,12-,14-,15-,16+,17+,18-,19-,20+,21+/m1/s1. The Labute approximate surface area is 198 Å². The summed E-state index contributed by atoms with van der Waals surface area (Å²) in [6.45, 7) is -1.30. The minimum Gasteiger partial charge on any atom is -0.504 e. The number of phenolic OH excluding ortho intramolecular Hbond substituents is 2. The molecule has 0 unspecified atom stereocenters. The van der Waals surface area contributed by atoms with Crippen LogP contribution in [0.2, 0.25) is 0 Å². The maximum Gasteiger partial charge on any atom is 0.330 e. The van der Waals surface area contributed by atoms with E-state index in [-0.39, 0.29) is 5.75 Å². The number of phenols is 2. The van der Waals surface area contributed by atoms with Gasteiger partial charge in [0.05, 0.1) is 6.61 Å². The molecule has 0 bridgehead atoms. The number of esters is 1. The third kappa shape index (κ3) is 6.25. The van der Waals surface area contributed by atoms with Crippen molar-refractivity contribution in [1.29, 1.82) is 0 Å². The van der Waals surface area contributed by atoms with Gasteiger partial charge in [-0.25, -0.2) is 4.79 Å². The van der Waals surface area contributed by atoms with Crippen LogP contribution in [0, 0.1) is 0 Å². The summed E-state index contributed by atoms with van der Waals surface area (Å²) in [6.07, 6.45) is -14.5. The van der Waals surface area contributed by atoms with Gasteiger partial charge in [0.15, 0.2) is 24.1 Å². The summed E-state index contributed by atoms with van der Waals surface area (Å²) in [4.78, 5) is 12.0. The van der Waals surface area contributed by atoms with Crippen molar-refractivity contribution in [3.05, 3.63) is 29.8 Å². The molecule has 3 rings (SSSR count). The second kappa shape index (κ2) is 11.6. The molecule has 35 heavy (non-hydrogen) atoms. The summed E-state index contributed by atoms with van der Waals surface area (Å²) >= 11 is 0. The summed E-state index contributed by atoms with van der Waals surface area (Å²) < 4.78 is 20.6. The van der Waals surface area contributed by atoms with Crippen molar-refractivity contribution in [2.75, 3.05) is 13.2 Å². The number of aromatic hydroxyl groups is 2. The van der Waals surface area contributed by atoms with E-state index in [0.29, 0.717) is 5.56 Å². The maximum absolute atomic E-state index is 12.0. The predicted octanol–water partition coefficient (Wildman–Crippen LogP) is -3.72. The fraction of sp³-hybridized carbons (Fsp3) is 0.571. The molecule has 0 aliphatic carbocycles. The zero-order valence-electron chi connectivity index (χ0n) is 18.1. The lowest BCUT2D eigenvalue weighted by Gasteiger charge is -2.45. The molecule has 0 spiro atoms. The van der Waals surface area contributed by atoms with E-state index in [1.165, 1.54) is 24.3 Å². The Morgan fingerprint density at radius 3 is 2.23 bits per heavy atom. The molecule has 1 aromatic carbocycles. The van der Waals surface area contributed by atoms with Gasteiger partial charge in [0.25, 0.3) is 0 Å². The highest BCUT2D eigenvalue weighted by Crippen LogP contribution is 2.29. The Kier molecular flexibility index (Phi) is 9.00. The minimum atomic E-state index is -1.86. The first kappa shape index (κ1) is 27.2. The van der Waals surface area contributed by atoms with E-state index in [2.05, 4.69) is 0 Å². The Morgan fingerprint density at radius 1 is 0.886 bits per heavy atom. The first-order valence-electron chi connectivity index (χ1n) is 10.6. The summed E-state index contributed by atoms with van der Waals surface area (Å²) in [5, 5.41) is 88.6. The maximum atomic E-state index is 12.0. The lowest BCUT2D eigenvalue weighted by Crippen LogP contribution is -2.64. The molecule has 2 heterocycles. The second-order valence-corrected chi connectivity index (χ2v) is 8.06. The van der Waals surface area contributed by atoms with Crippen molar-refractivity contribution >= 4 is 12.0 Å². The lowest BCUT2D eigenvalue weighted by molar-refractivity contribution is -0.361. The van der Waals surface area contributed by atoms with E-state index in [4.69, 9.17) is 24.1 Å². The van der Waals surface area contributed by atoms with Crippen molar-refractivity contribution in [2.24, 2.45) is 0 Å². The van der Waals surface area contributed by atoms with E-state index >= 15 is 0 Å². The van der Waals surface area contributed by atoms with Gasteiger partial charge in [-0.3, -0.25) is 0 Å². The number of rotatable bonds is 7. The summed E-state index contributed by atoms with van der Waals surface area (Å²) in [6, 6.07) is 3.84. The predicted molar refractivity (Wildman–Crippen MR) is 111 cm³/mol. The van der Waals surface area contributed by atoms with Crippen LogP contribution >= 0.6 is 0 Å². The number of carbonyl (C=O) groups is 1. The molecule has 2 fully saturated rings. The van der Waals surface area contributed by atoms with Crippen molar-refractivity contribution < 1.29 is 69.7 Å². The van der Waals surface area contributed by atoms with E-state index in [9.17, 15) is 45.6 Å². The molecule has 2 saturated heterocycles. The zero-order chi connectivity index (χ0) is 25.9. The molecule has 2 aliphatic heterocycles. The molecule has 14 heteroatoms. The minimum absolute atomic E-state index is 0.340. The van der Waals surface area contributed by atoms with Gasteiger partial charge in [-0.15, -0.1) is 0 Å². The number of ether oxygens (including phenoxy) is 4. The van der Waals surface area contributed by atoms with Gasteiger partial charge in [0, 0.05) is 6.08 Å². The molecule has 0 amide bonds. The molecular weight excluding hydrogens is 476 g/mol. The molecular formula is C21H28O14. The van der Waals surface area contributed by atoms with Crippen LogP contribution in [0.1, 0.15) is 5.56 Å². The molecule has 196 valence electrons. The van der Waals surface area contributed by atoms with Gasteiger partial charge in [-0.05, 0) is 23.8 Å². The highest BCUT2D eigenvalue weighted by Gasteiger charge is 2.50. The summed E-state index contributed by atoms with van der Waals surface area (Å²) in [5.41, 5.74) is 0.371. The number of aliphatic hydroxyl groups excluding tert-OH is 7. The van der Waals surface area contributed by atoms with Crippen LogP contribution < -0.4 is 0 Å². The lowest BCUT2D eigenvalue weighted by atomic mass is 9.97. The van der Waals surface area contributed by atoms with Crippen molar-refractivity contribution in [2.45, 2.75) is 61.4 Å². The van der Waals surface area contributed by atoms with E-state index < -0.39 is 86.3 Å². The zero-order valence-corrected chi connectivity index (χ0v) is 18.1. The average molecular weight is 504 g/mol. The van der Waals surface area contributed by atoms with Gasteiger partial charge < -0.3 is 64.9 Å². The van der Waals surface area contributed by atoms with Crippen molar-refractivity contribution in [1.82, 2.24) is 0 Å². The number of hydrogen-bond donors (Lipinski definition) is 9. The summed E-state index contributed by atoms with van der Waals surface area (Å²) in [5.74, 6) is -1.62. The Bertz CT molecular complexity index is 893. The number of aliphatic hydroxyl groups is 7. The fourth-order valence-corrected chi connectivity index (χ4v) is 3.56. The molecule has 9 N–H and O–H groups in total. The summed E-state index contributed by atoms with van der Waals surface area (Å²) in [7, 11) is 0. The highest BCUT2D eigenvalue weighted by atomic mass is 16.7. The average Bonchev–Trinajstić information content (AvgIpc) is 2.83. The quantitative estimate of drug-likeness (QED) is 0.0986. The van der Waals surface area contributed by atoms with Gasteiger partial charge >= 0.3 is 5.97 Å². The normalized spacial score (nSPS) is 37.9. The third-order valence-corrected chi connectivity index (χ3v) is 5.60. The highest BCUT2D eigenvalue weighted by molar-refractivity contribution is 5.87. The Hall–Kier alpha value is -2.37. The molecule has 0 saturated carbocycles. The SMILES string of the molecule is O=C(/C=C/c1ccc(O)c(O)c1)OC[C@H]1O[C@@H](O[C@@H]2[C@@H](O)[C@H](O)[C@@H](CO)O[C@@H]2O)[C@H](O)[C@@H](O)[C@@H]1O. The van der Waals surface area contributed by atoms with Crippen LogP contribution in [0.5, 0.6) is 11.5 Å². The smallest absolute Gasteiger partial charge is 0.330 e. The molecule has 1 aromatic rings. The molecule has 0 radical (unpaired) electrons. The van der Waals surface area contributed by atoms with Gasteiger partial charge in [0.2, 0.25) is 0 Å². The fourth-order valence-electron chi connectivity index (χ4n) is 3.56. The first-order valence-corrected chi connectivity index (χ1v) is 10.6. The largest absolute Gasteiger partial charge is 0.504 e. The molecule has 14 nitrogen and oxygen atoms in total. The van der Waals surface area contributed by atoms with E-state index in [1.54, 1.807) is 0 Å². The van der Waals surface area contributed by atoms with Crippen molar-refractivity contribution in [3.8, 4) is 11.5 Å². The Balaban J connectivity index is 1.60. The topological polar surface area (TPSA) is 236 Å². The van der Waals surface area contributed by atoms with Crippen LogP contribution in [-0.4, -0.2) is 127 Å². The molecule has 2 aliphatic rings. The monoisotopic (exact) mass is 504 g/mol. The van der Waals surface area contributed by atoms with Crippen LogP contribution in [0.25, 0.3) is 6.08 Å². The van der Waals surface area contributed by atoms with Crippen molar-refractivity contribution in [3.63, 3.8) is 0 Å². The van der Waals surface area contributed by atoms with Crippen LogP contribution in [-0.2, 0) is 23.7 Å². The van der Waals surface area contributed by atoms with Crippen LogP contribution in [0.4, 0.5) is 0 Å². The van der Waals surface area contributed by atoms with Gasteiger partial charge in [-0.1, -0.05) is 6.07 Å². The van der Waals surface area contributed by atoms with Gasteiger partial charge in [-0.2, -0.15) is 0 Å². The Morgan fingerprint density at radius 2 is 1.57 bits per heavy atom. The third-order valence-electron chi connectivity index (χ3n) is 5.60. The number of carbonyl (C=O) groups excluding carboxylic acids is 1.